The van der Waals surface area contributed by atoms with E-state index in [1.807, 2.05) is 11.7 Å². The molecule has 0 fully saturated rings. The zero-order valence-corrected chi connectivity index (χ0v) is 12.0. The third kappa shape index (κ3) is 2.51. The molecule has 102 valence electrons. The summed E-state index contributed by atoms with van der Waals surface area (Å²) in [4.78, 5) is 0. The maximum atomic E-state index is 4.19. The van der Waals surface area contributed by atoms with Gasteiger partial charge in [-0.2, -0.15) is 4.68 Å². The molecule has 1 unspecified atom stereocenters. The number of para-hydroxylation sites is 1. The first-order chi connectivity index (χ1) is 9.22. The van der Waals surface area contributed by atoms with Crippen LogP contribution in [0.3, 0.4) is 0 Å². The summed E-state index contributed by atoms with van der Waals surface area (Å²) in [7, 11) is 1.91. The van der Waals surface area contributed by atoms with Crippen LogP contribution in [-0.4, -0.2) is 27.3 Å². The number of hydrogen-bond acceptors (Lipinski definition) is 4. The van der Waals surface area contributed by atoms with Gasteiger partial charge in [-0.1, -0.05) is 32.0 Å². The zero-order chi connectivity index (χ0) is 13.8. The molecule has 0 saturated heterocycles. The van der Waals surface area contributed by atoms with Crippen LogP contribution in [0.15, 0.2) is 18.2 Å². The molecule has 0 bridgehead atoms. The van der Waals surface area contributed by atoms with Crippen molar-refractivity contribution in [1.82, 2.24) is 25.5 Å². The summed E-state index contributed by atoms with van der Waals surface area (Å²) in [5, 5.41) is 15.4. The fraction of sp³-hybridized carbons (Fsp3) is 0.500. The monoisotopic (exact) mass is 259 g/mol. The molecule has 1 aromatic heterocycles. The van der Waals surface area contributed by atoms with Gasteiger partial charge in [0, 0.05) is 0 Å². The molecule has 0 radical (unpaired) electrons. The van der Waals surface area contributed by atoms with E-state index in [2.05, 4.69) is 59.8 Å². The highest BCUT2D eigenvalue weighted by Gasteiger charge is 2.18. The highest BCUT2D eigenvalue weighted by Crippen LogP contribution is 2.23. The summed E-state index contributed by atoms with van der Waals surface area (Å²) in [6, 6.07) is 6.50. The molecule has 1 aromatic carbocycles. The third-order valence-electron chi connectivity index (χ3n) is 3.49. The Morgan fingerprint density at radius 3 is 2.37 bits per heavy atom. The lowest BCUT2D eigenvalue weighted by molar-refractivity contribution is 0.586. The van der Waals surface area contributed by atoms with Gasteiger partial charge in [-0.25, -0.2) is 0 Å². The number of rotatable bonds is 5. The van der Waals surface area contributed by atoms with Crippen LogP contribution < -0.4 is 5.32 Å². The Hall–Kier alpha value is -1.75. The van der Waals surface area contributed by atoms with Crippen LogP contribution in [0.2, 0.25) is 0 Å². The maximum Gasteiger partial charge on any atom is 0.173 e. The molecule has 5 heteroatoms. The average Bonchev–Trinajstić information content (AvgIpc) is 2.94. The Morgan fingerprint density at radius 2 is 1.84 bits per heavy atom. The van der Waals surface area contributed by atoms with Crippen molar-refractivity contribution in [3.05, 3.63) is 35.2 Å². The number of tetrazole rings is 1. The van der Waals surface area contributed by atoms with Crippen LogP contribution in [0.25, 0.3) is 5.69 Å². The van der Waals surface area contributed by atoms with E-state index in [0.717, 1.165) is 24.4 Å². The number of nitrogens with zero attached hydrogens (tertiary/aromatic N) is 4. The quantitative estimate of drug-likeness (QED) is 0.893. The molecule has 2 rings (SSSR count). The van der Waals surface area contributed by atoms with Crippen LogP contribution >= 0.6 is 0 Å². The predicted octanol–water partition coefficient (Wildman–Crippen LogP) is 2.07. The first-order valence-corrected chi connectivity index (χ1v) is 6.79. The van der Waals surface area contributed by atoms with Gasteiger partial charge < -0.3 is 5.32 Å². The Labute approximate surface area is 114 Å². The smallest absolute Gasteiger partial charge is 0.173 e. The summed E-state index contributed by atoms with van der Waals surface area (Å²) in [6.45, 7) is 6.37. The third-order valence-corrected chi connectivity index (χ3v) is 3.49. The van der Waals surface area contributed by atoms with Gasteiger partial charge in [-0.3, -0.25) is 0 Å². The van der Waals surface area contributed by atoms with E-state index in [4.69, 9.17) is 0 Å². The van der Waals surface area contributed by atoms with E-state index in [0.29, 0.717) is 0 Å². The molecule has 19 heavy (non-hydrogen) atoms. The van der Waals surface area contributed by atoms with E-state index in [1.54, 1.807) is 0 Å². The fourth-order valence-electron chi connectivity index (χ4n) is 2.24. The van der Waals surface area contributed by atoms with E-state index in [1.165, 1.54) is 11.1 Å². The van der Waals surface area contributed by atoms with Crippen LogP contribution in [0.4, 0.5) is 0 Å². The molecule has 1 heterocycles. The Morgan fingerprint density at radius 1 is 1.21 bits per heavy atom. The Bertz CT molecular complexity index is 524. The summed E-state index contributed by atoms with van der Waals surface area (Å²) in [5.41, 5.74) is 3.68. The van der Waals surface area contributed by atoms with E-state index in [-0.39, 0.29) is 6.04 Å². The van der Waals surface area contributed by atoms with Gasteiger partial charge in [-0.15, -0.1) is 5.10 Å². The molecule has 2 aromatic rings. The van der Waals surface area contributed by atoms with Gasteiger partial charge in [0.1, 0.15) is 0 Å². The van der Waals surface area contributed by atoms with Crippen molar-refractivity contribution in [2.75, 3.05) is 7.05 Å². The van der Waals surface area contributed by atoms with Crippen molar-refractivity contribution < 1.29 is 0 Å². The molecule has 0 amide bonds. The molecule has 1 N–H and O–H groups in total. The lowest BCUT2D eigenvalue weighted by Crippen LogP contribution is -2.19. The van der Waals surface area contributed by atoms with Crippen molar-refractivity contribution in [3.63, 3.8) is 0 Å². The summed E-state index contributed by atoms with van der Waals surface area (Å²) < 4.78 is 1.87. The van der Waals surface area contributed by atoms with Crippen molar-refractivity contribution in [1.29, 1.82) is 0 Å². The molecule has 0 aliphatic rings. The van der Waals surface area contributed by atoms with Crippen molar-refractivity contribution in [2.24, 2.45) is 0 Å². The van der Waals surface area contributed by atoms with Gasteiger partial charge in [-0.05, 0) is 48.4 Å². The van der Waals surface area contributed by atoms with Gasteiger partial charge in [0.25, 0.3) is 0 Å². The number of aryl methyl sites for hydroxylation is 2. The van der Waals surface area contributed by atoms with Gasteiger partial charge in [0.05, 0.1) is 11.7 Å². The average molecular weight is 259 g/mol. The predicted molar refractivity (Wildman–Crippen MR) is 75.4 cm³/mol. The van der Waals surface area contributed by atoms with Gasteiger partial charge in [0.2, 0.25) is 0 Å². The van der Waals surface area contributed by atoms with E-state index in [9.17, 15) is 0 Å². The summed E-state index contributed by atoms with van der Waals surface area (Å²) in [6.07, 6.45) is 1.94. The number of nitrogens with one attached hydrogen (secondary N) is 1. The highest BCUT2D eigenvalue weighted by atomic mass is 15.5. The van der Waals surface area contributed by atoms with Gasteiger partial charge >= 0.3 is 0 Å². The minimum Gasteiger partial charge on any atom is -0.311 e. The molecular formula is C14H21N5. The first-order valence-electron chi connectivity index (χ1n) is 6.79. The van der Waals surface area contributed by atoms with Gasteiger partial charge in [0.15, 0.2) is 5.82 Å². The SMILES string of the molecule is CCc1cccc(CC)c1-n1nnnc1C(C)NC. The minimum atomic E-state index is 0.115. The topological polar surface area (TPSA) is 55.6 Å². The number of aromatic nitrogens is 4. The summed E-state index contributed by atoms with van der Waals surface area (Å²) >= 11 is 0. The molecule has 0 spiro atoms. The number of benzene rings is 1. The molecule has 1 atom stereocenters. The molecule has 0 saturated carbocycles. The Kier molecular flexibility index (Phi) is 4.27. The lowest BCUT2D eigenvalue weighted by atomic mass is 10.0. The van der Waals surface area contributed by atoms with E-state index < -0.39 is 0 Å². The second-order valence-electron chi connectivity index (χ2n) is 4.59. The standard InChI is InChI=1S/C14H21N5/c1-5-11-8-7-9-12(6-2)13(11)19-14(10(3)15-4)16-17-18-19/h7-10,15H,5-6H2,1-4H3. The van der Waals surface area contributed by atoms with Crippen LogP contribution in [-0.2, 0) is 12.8 Å². The lowest BCUT2D eigenvalue weighted by Gasteiger charge is -2.16. The first kappa shape index (κ1) is 13.7. The van der Waals surface area contributed by atoms with Crippen LogP contribution in [0.1, 0.15) is 43.8 Å². The molecule has 0 aliphatic carbocycles. The van der Waals surface area contributed by atoms with E-state index >= 15 is 0 Å². The fourth-order valence-corrected chi connectivity index (χ4v) is 2.24. The number of hydrogen-bond donors (Lipinski definition) is 1. The van der Waals surface area contributed by atoms with Crippen molar-refractivity contribution >= 4 is 0 Å². The molecular weight excluding hydrogens is 238 g/mol. The van der Waals surface area contributed by atoms with Crippen LogP contribution in [0, 0.1) is 0 Å². The second kappa shape index (κ2) is 5.93. The largest absolute Gasteiger partial charge is 0.311 e. The second-order valence-corrected chi connectivity index (χ2v) is 4.59. The maximum absolute atomic E-state index is 4.19. The molecule has 0 aliphatic heterocycles. The highest BCUT2D eigenvalue weighted by molar-refractivity contribution is 5.48. The summed E-state index contributed by atoms with van der Waals surface area (Å²) in [5.74, 6) is 0.845. The zero-order valence-electron chi connectivity index (χ0n) is 12.0. The normalized spacial score (nSPS) is 12.6. The minimum absolute atomic E-state index is 0.115. The molecule has 5 nitrogen and oxygen atoms in total. The Balaban J connectivity index is 2.61. The van der Waals surface area contributed by atoms with Crippen molar-refractivity contribution in [3.8, 4) is 5.69 Å². The van der Waals surface area contributed by atoms with Crippen LogP contribution in [0.5, 0.6) is 0 Å². The van der Waals surface area contributed by atoms with Crippen molar-refractivity contribution in [2.45, 2.75) is 39.7 Å².